The summed E-state index contributed by atoms with van der Waals surface area (Å²) < 4.78 is 5.52. The highest BCUT2D eigenvalue weighted by Gasteiger charge is 2.37. The summed E-state index contributed by atoms with van der Waals surface area (Å²) in [7, 11) is 0. The van der Waals surface area contributed by atoms with E-state index in [1.165, 1.54) is 0 Å². The lowest BCUT2D eigenvalue weighted by molar-refractivity contribution is -0.142. The Morgan fingerprint density at radius 1 is 1.71 bits per heavy atom. The molecule has 0 radical (unpaired) electrons. The van der Waals surface area contributed by atoms with E-state index in [1.54, 1.807) is 0 Å². The Labute approximate surface area is 84.4 Å². The fourth-order valence-electron chi connectivity index (χ4n) is 2.09. The van der Waals surface area contributed by atoms with Gasteiger partial charge in [-0.1, -0.05) is 6.92 Å². The molecule has 1 fully saturated rings. The van der Waals surface area contributed by atoms with E-state index >= 15 is 0 Å². The molecule has 4 heteroatoms. The van der Waals surface area contributed by atoms with Crippen LogP contribution in [0.25, 0.3) is 0 Å². The number of ether oxygens (including phenoxy) is 1. The number of hydrogen-bond donors (Lipinski definition) is 2. The van der Waals surface area contributed by atoms with Crippen LogP contribution in [0.2, 0.25) is 0 Å². The van der Waals surface area contributed by atoms with Crippen molar-refractivity contribution >= 4 is 5.97 Å². The average molecular weight is 201 g/mol. The van der Waals surface area contributed by atoms with Crippen LogP contribution in [0.15, 0.2) is 0 Å². The molecule has 0 saturated carbocycles. The van der Waals surface area contributed by atoms with Gasteiger partial charge in [-0.3, -0.25) is 4.79 Å². The molecule has 0 aromatic rings. The Bertz CT molecular complexity index is 208. The summed E-state index contributed by atoms with van der Waals surface area (Å²) in [4.78, 5) is 10.7. The summed E-state index contributed by atoms with van der Waals surface area (Å²) in [6.45, 7) is 3.14. The van der Waals surface area contributed by atoms with E-state index < -0.39 is 5.97 Å². The zero-order valence-corrected chi connectivity index (χ0v) is 8.66. The molecule has 3 N–H and O–H groups in total. The van der Waals surface area contributed by atoms with Crippen LogP contribution >= 0.6 is 0 Å². The highest BCUT2D eigenvalue weighted by atomic mass is 16.5. The SMILES string of the molecule is CCC1CC(CN)(CC(=O)O)CCO1. The second-order valence-corrected chi connectivity index (χ2v) is 4.13. The van der Waals surface area contributed by atoms with Crippen molar-refractivity contribution in [3.63, 3.8) is 0 Å². The molecule has 82 valence electrons. The van der Waals surface area contributed by atoms with E-state index in [-0.39, 0.29) is 17.9 Å². The first-order valence-electron chi connectivity index (χ1n) is 5.15. The predicted octanol–water partition coefficient (Wildman–Crippen LogP) is 0.995. The Morgan fingerprint density at radius 3 is 2.93 bits per heavy atom. The zero-order valence-electron chi connectivity index (χ0n) is 8.66. The number of carboxylic acids is 1. The molecule has 1 rings (SSSR count). The first-order valence-corrected chi connectivity index (χ1v) is 5.15. The number of rotatable bonds is 4. The Morgan fingerprint density at radius 2 is 2.43 bits per heavy atom. The van der Waals surface area contributed by atoms with Crippen molar-refractivity contribution in [2.75, 3.05) is 13.2 Å². The van der Waals surface area contributed by atoms with E-state index in [0.717, 1.165) is 19.3 Å². The lowest BCUT2D eigenvalue weighted by Crippen LogP contribution is -2.41. The topological polar surface area (TPSA) is 72.6 Å². The van der Waals surface area contributed by atoms with Crippen molar-refractivity contribution in [3.8, 4) is 0 Å². The van der Waals surface area contributed by atoms with Crippen LogP contribution < -0.4 is 5.73 Å². The quantitative estimate of drug-likeness (QED) is 0.711. The standard InChI is InChI=1S/C10H19NO3/c1-2-8-5-10(7-11,3-4-14-8)6-9(12)13/h8H,2-7,11H2,1H3,(H,12,13). The number of hydrogen-bond acceptors (Lipinski definition) is 3. The summed E-state index contributed by atoms with van der Waals surface area (Å²) in [5, 5.41) is 8.82. The summed E-state index contributed by atoms with van der Waals surface area (Å²) in [5.74, 6) is -0.757. The molecule has 1 heterocycles. The summed E-state index contributed by atoms with van der Waals surface area (Å²) in [5.41, 5.74) is 5.45. The summed E-state index contributed by atoms with van der Waals surface area (Å²) in [6, 6.07) is 0. The molecule has 0 aromatic heterocycles. The maximum absolute atomic E-state index is 10.7. The second kappa shape index (κ2) is 4.75. The molecule has 4 nitrogen and oxygen atoms in total. The molecule has 2 unspecified atom stereocenters. The largest absolute Gasteiger partial charge is 0.481 e. The molecule has 0 spiro atoms. The summed E-state index contributed by atoms with van der Waals surface area (Å²) >= 11 is 0. The predicted molar refractivity (Wildman–Crippen MR) is 53.0 cm³/mol. The maximum Gasteiger partial charge on any atom is 0.303 e. The van der Waals surface area contributed by atoms with Crippen LogP contribution in [0.1, 0.15) is 32.6 Å². The monoisotopic (exact) mass is 201 g/mol. The third-order valence-corrected chi connectivity index (χ3v) is 3.06. The lowest BCUT2D eigenvalue weighted by Gasteiger charge is -2.39. The van der Waals surface area contributed by atoms with Crippen molar-refractivity contribution in [1.29, 1.82) is 0 Å². The van der Waals surface area contributed by atoms with Gasteiger partial charge in [0, 0.05) is 6.61 Å². The molecule has 0 amide bonds. The van der Waals surface area contributed by atoms with Crippen molar-refractivity contribution in [2.45, 2.75) is 38.7 Å². The average Bonchev–Trinajstić information content (AvgIpc) is 2.17. The number of aliphatic carboxylic acids is 1. The van der Waals surface area contributed by atoms with Crippen LogP contribution in [0.3, 0.4) is 0 Å². The van der Waals surface area contributed by atoms with Crippen molar-refractivity contribution in [3.05, 3.63) is 0 Å². The molecule has 2 atom stereocenters. The van der Waals surface area contributed by atoms with Crippen LogP contribution in [-0.2, 0) is 9.53 Å². The van der Waals surface area contributed by atoms with Gasteiger partial charge in [-0.25, -0.2) is 0 Å². The molecule has 0 aliphatic carbocycles. The van der Waals surface area contributed by atoms with Crippen LogP contribution in [0.4, 0.5) is 0 Å². The molecule has 14 heavy (non-hydrogen) atoms. The number of carboxylic acid groups (broad SMARTS) is 1. The van der Waals surface area contributed by atoms with E-state index in [4.69, 9.17) is 15.6 Å². The molecular formula is C10H19NO3. The smallest absolute Gasteiger partial charge is 0.303 e. The van der Waals surface area contributed by atoms with E-state index in [2.05, 4.69) is 6.92 Å². The van der Waals surface area contributed by atoms with Gasteiger partial charge in [0.05, 0.1) is 12.5 Å². The van der Waals surface area contributed by atoms with Gasteiger partial charge in [-0.2, -0.15) is 0 Å². The van der Waals surface area contributed by atoms with Crippen LogP contribution in [0, 0.1) is 5.41 Å². The number of carbonyl (C=O) groups is 1. The minimum Gasteiger partial charge on any atom is -0.481 e. The highest BCUT2D eigenvalue weighted by molar-refractivity contribution is 5.67. The Kier molecular flexibility index (Phi) is 3.89. The zero-order chi connectivity index (χ0) is 10.6. The van der Waals surface area contributed by atoms with Gasteiger partial charge < -0.3 is 15.6 Å². The lowest BCUT2D eigenvalue weighted by atomic mass is 9.75. The maximum atomic E-state index is 10.7. The van der Waals surface area contributed by atoms with Crippen molar-refractivity contribution < 1.29 is 14.6 Å². The number of nitrogens with two attached hydrogens (primary N) is 1. The first kappa shape index (κ1) is 11.5. The fraction of sp³-hybridized carbons (Fsp3) is 0.900. The minimum atomic E-state index is -0.757. The second-order valence-electron chi connectivity index (χ2n) is 4.13. The minimum absolute atomic E-state index is 0.170. The molecule has 1 aliphatic heterocycles. The van der Waals surface area contributed by atoms with Gasteiger partial charge >= 0.3 is 5.97 Å². The molecule has 1 aliphatic rings. The normalized spacial score (nSPS) is 32.9. The van der Waals surface area contributed by atoms with Gasteiger partial charge in [0.2, 0.25) is 0 Å². The van der Waals surface area contributed by atoms with Gasteiger partial charge in [0.25, 0.3) is 0 Å². The van der Waals surface area contributed by atoms with Crippen LogP contribution in [-0.4, -0.2) is 30.3 Å². The molecule has 0 aromatic carbocycles. The third kappa shape index (κ3) is 2.69. The molecule has 0 bridgehead atoms. The van der Waals surface area contributed by atoms with Gasteiger partial charge in [-0.05, 0) is 31.2 Å². The summed E-state index contributed by atoms with van der Waals surface area (Å²) in [6.07, 6.45) is 2.84. The highest BCUT2D eigenvalue weighted by Crippen LogP contribution is 2.36. The molecule has 1 saturated heterocycles. The first-order chi connectivity index (χ1) is 6.62. The van der Waals surface area contributed by atoms with Gasteiger partial charge in [0.15, 0.2) is 0 Å². The van der Waals surface area contributed by atoms with E-state index in [9.17, 15) is 4.79 Å². The molecular weight excluding hydrogens is 182 g/mol. The van der Waals surface area contributed by atoms with Crippen molar-refractivity contribution in [2.24, 2.45) is 11.1 Å². The van der Waals surface area contributed by atoms with Crippen molar-refractivity contribution in [1.82, 2.24) is 0 Å². The van der Waals surface area contributed by atoms with E-state index in [0.29, 0.717) is 13.2 Å². The Hall–Kier alpha value is -0.610. The van der Waals surface area contributed by atoms with Gasteiger partial charge in [-0.15, -0.1) is 0 Å². The van der Waals surface area contributed by atoms with Gasteiger partial charge in [0.1, 0.15) is 0 Å². The Balaban J connectivity index is 2.62. The van der Waals surface area contributed by atoms with Crippen LogP contribution in [0.5, 0.6) is 0 Å². The third-order valence-electron chi connectivity index (χ3n) is 3.06. The van der Waals surface area contributed by atoms with E-state index in [1.807, 2.05) is 0 Å². The fourth-order valence-corrected chi connectivity index (χ4v) is 2.09.